The van der Waals surface area contributed by atoms with Gasteiger partial charge in [-0.3, -0.25) is 0 Å². The maximum atomic E-state index is 6.16. The van der Waals surface area contributed by atoms with E-state index in [0.717, 1.165) is 19.4 Å². The number of imidazole rings is 1. The van der Waals surface area contributed by atoms with Crippen molar-refractivity contribution in [3.63, 3.8) is 0 Å². The second kappa shape index (κ2) is 9.89. The van der Waals surface area contributed by atoms with E-state index in [0.29, 0.717) is 6.61 Å². The molecule has 0 aliphatic carbocycles. The predicted octanol–water partition coefficient (Wildman–Crippen LogP) is 5.33. The van der Waals surface area contributed by atoms with Crippen molar-refractivity contribution < 1.29 is 4.74 Å². The summed E-state index contributed by atoms with van der Waals surface area (Å²) in [6.45, 7) is 7.87. The molecule has 1 unspecified atom stereocenters. The Morgan fingerprint density at radius 3 is 2.62 bits per heavy atom. The minimum atomic E-state index is 0.0298. The third-order valence-electron chi connectivity index (χ3n) is 3.93. The van der Waals surface area contributed by atoms with E-state index in [1.807, 2.05) is 18.6 Å². The molecule has 0 bridgehead atoms. The number of aromatic nitrogens is 2. The molecule has 3 heteroatoms. The van der Waals surface area contributed by atoms with Crippen molar-refractivity contribution in [2.24, 2.45) is 0 Å². The zero-order valence-corrected chi connectivity index (χ0v) is 15.0. The maximum Gasteiger partial charge on any atom is 0.101 e. The fourth-order valence-electron chi connectivity index (χ4n) is 2.51. The van der Waals surface area contributed by atoms with Crippen molar-refractivity contribution in [2.45, 2.75) is 46.3 Å². The molecule has 0 aliphatic rings. The highest BCUT2D eigenvalue weighted by Gasteiger charge is 2.12. The molecule has 0 N–H and O–H groups in total. The van der Waals surface area contributed by atoms with Gasteiger partial charge in [0, 0.05) is 12.4 Å². The molecule has 0 saturated carbocycles. The van der Waals surface area contributed by atoms with Crippen LogP contribution in [0.1, 0.15) is 45.3 Å². The molecule has 1 aromatic heterocycles. The molecular formula is C21H28N2O. The topological polar surface area (TPSA) is 27.1 Å². The van der Waals surface area contributed by atoms with Gasteiger partial charge in [0.25, 0.3) is 0 Å². The van der Waals surface area contributed by atoms with Gasteiger partial charge in [-0.2, -0.15) is 0 Å². The van der Waals surface area contributed by atoms with E-state index in [1.54, 1.807) is 6.20 Å². The smallest absolute Gasteiger partial charge is 0.101 e. The van der Waals surface area contributed by atoms with Crippen LogP contribution < -0.4 is 0 Å². The number of nitrogens with zero attached hydrogens (tertiary/aromatic N) is 2. The lowest BCUT2D eigenvalue weighted by atomic mass is 10.1. The van der Waals surface area contributed by atoms with Gasteiger partial charge in [0.1, 0.15) is 6.10 Å². The van der Waals surface area contributed by atoms with Crippen LogP contribution in [0.25, 0.3) is 0 Å². The number of hydrogen-bond donors (Lipinski definition) is 0. The molecule has 24 heavy (non-hydrogen) atoms. The Balaban J connectivity index is 1.92. The molecule has 0 saturated heterocycles. The summed E-state index contributed by atoms with van der Waals surface area (Å²) in [5, 5.41) is 0. The van der Waals surface area contributed by atoms with Crippen LogP contribution in [0, 0.1) is 0 Å². The van der Waals surface area contributed by atoms with Gasteiger partial charge in [-0.05, 0) is 39.2 Å². The maximum absolute atomic E-state index is 6.16. The van der Waals surface area contributed by atoms with Crippen LogP contribution >= 0.6 is 0 Å². The van der Waals surface area contributed by atoms with Gasteiger partial charge in [-0.1, -0.05) is 53.6 Å². The first-order valence-corrected chi connectivity index (χ1v) is 8.56. The van der Waals surface area contributed by atoms with Crippen molar-refractivity contribution in [1.82, 2.24) is 9.55 Å². The lowest BCUT2D eigenvalue weighted by molar-refractivity contribution is 0.0602. The molecule has 0 radical (unpaired) electrons. The molecule has 1 aromatic carbocycles. The van der Waals surface area contributed by atoms with Crippen molar-refractivity contribution >= 4 is 0 Å². The average molecular weight is 324 g/mol. The second-order valence-corrected chi connectivity index (χ2v) is 6.36. The molecule has 1 atom stereocenters. The summed E-state index contributed by atoms with van der Waals surface area (Å²) < 4.78 is 8.22. The first kappa shape index (κ1) is 18.2. The van der Waals surface area contributed by atoms with Crippen molar-refractivity contribution in [1.29, 1.82) is 0 Å². The van der Waals surface area contributed by atoms with Gasteiger partial charge in [-0.15, -0.1) is 0 Å². The quantitative estimate of drug-likeness (QED) is 0.583. The van der Waals surface area contributed by atoms with Crippen LogP contribution in [-0.4, -0.2) is 16.2 Å². The minimum absolute atomic E-state index is 0.0298. The molecule has 0 amide bonds. The van der Waals surface area contributed by atoms with E-state index in [4.69, 9.17) is 4.74 Å². The van der Waals surface area contributed by atoms with E-state index in [1.165, 1.54) is 16.7 Å². The van der Waals surface area contributed by atoms with Crippen molar-refractivity contribution in [3.05, 3.63) is 77.9 Å². The van der Waals surface area contributed by atoms with E-state index < -0.39 is 0 Å². The lowest BCUT2D eigenvalue weighted by Gasteiger charge is -2.18. The monoisotopic (exact) mass is 324 g/mol. The van der Waals surface area contributed by atoms with Gasteiger partial charge in [0.15, 0.2) is 0 Å². The number of ether oxygens (including phenoxy) is 1. The summed E-state index contributed by atoms with van der Waals surface area (Å²) in [4.78, 5) is 4.12. The van der Waals surface area contributed by atoms with E-state index >= 15 is 0 Å². The van der Waals surface area contributed by atoms with Crippen LogP contribution in [-0.2, 0) is 11.3 Å². The Morgan fingerprint density at radius 2 is 1.96 bits per heavy atom. The van der Waals surface area contributed by atoms with Gasteiger partial charge in [0.05, 0.1) is 19.5 Å². The van der Waals surface area contributed by atoms with Gasteiger partial charge >= 0.3 is 0 Å². The highest BCUT2D eigenvalue weighted by atomic mass is 16.5. The number of benzene rings is 1. The van der Waals surface area contributed by atoms with Gasteiger partial charge < -0.3 is 9.30 Å². The summed E-state index contributed by atoms with van der Waals surface area (Å²) in [6.07, 6.45) is 12.3. The first-order chi connectivity index (χ1) is 11.6. The molecule has 128 valence electrons. The van der Waals surface area contributed by atoms with Gasteiger partial charge in [0.2, 0.25) is 0 Å². The van der Waals surface area contributed by atoms with Crippen molar-refractivity contribution in [2.75, 3.05) is 6.61 Å². The summed E-state index contributed by atoms with van der Waals surface area (Å²) in [5.74, 6) is 0. The second-order valence-electron chi connectivity index (χ2n) is 6.36. The Morgan fingerprint density at radius 1 is 1.17 bits per heavy atom. The van der Waals surface area contributed by atoms with Crippen LogP contribution in [0.2, 0.25) is 0 Å². The van der Waals surface area contributed by atoms with Crippen LogP contribution in [0.4, 0.5) is 0 Å². The molecule has 3 nitrogen and oxygen atoms in total. The summed E-state index contributed by atoms with van der Waals surface area (Å²) in [6, 6.07) is 10.4. The van der Waals surface area contributed by atoms with Gasteiger partial charge in [-0.25, -0.2) is 4.98 Å². The molecule has 0 aliphatic heterocycles. The number of allylic oxidation sites excluding steroid dienone is 3. The summed E-state index contributed by atoms with van der Waals surface area (Å²) >= 11 is 0. The highest BCUT2D eigenvalue weighted by molar-refractivity contribution is 5.17. The highest BCUT2D eigenvalue weighted by Crippen LogP contribution is 2.20. The lowest BCUT2D eigenvalue weighted by Crippen LogP contribution is -2.12. The third kappa shape index (κ3) is 6.55. The molecule has 0 fully saturated rings. The standard InChI is InChI=1S/C21H28N2O/c1-18(2)8-7-9-19(3)12-15-24-21(16-23-14-13-22-17-23)20-10-5-4-6-11-20/h4-6,8,10-14,17,21H,7,9,15-16H2,1-3H3/b19-12+. The summed E-state index contributed by atoms with van der Waals surface area (Å²) in [5.41, 5.74) is 3.95. The Kier molecular flexibility index (Phi) is 7.50. The van der Waals surface area contributed by atoms with Crippen molar-refractivity contribution in [3.8, 4) is 0 Å². The fraction of sp³-hybridized carbons (Fsp3) is 0.381. The Labute approximate surface area is 145 Å². The normalized spacial score (nSPS) is 12.9. The predicted molar refractivity (Wildman–Crippen MR) is 99.8 cm³/mol. The molecule has 0 spiro atoms. The Hall–Kier alpha value is -2.13. The molecule has 2 rings (SSSR count). The van der Waals surface area contributed by atoms with Crippen LogP contribution in [0.5, 0.6) is 0 Å². The van der Waals surface area contributed by atoms with Crippen LogP contribution in [0.3, 0.4) is 0 Å². The fourth-order valence-corrected chi connectivity index (χ4v) is 2.51. The first-order valence-electron chi connectivity index (χ1n) is 8.56. The Bertz CT molecular complexity index is 638. The minimum Gasteiger partial charge on any atom is -0.368 e. The number of rotatable bonds is 9. The number of hydrogen-bond acceptors (Lipinski definition) is 2. The summed E-state index contributed by atoms with van der Waals surface area (Å²) in [7, 11) is 0. The van der Waals surface area contributed by atoms with Crippen LogP contribution in [0.15, 0.2) is 72.4 Å². The van der Waals surface area contributed by atoms with E-state index in [9.17, 15) is 0 Å². The zero-order valence-electron chi connectivity index (χ0n) is 15.0. The SMILES string of the molecule is CC(C)=CCC/C(C)=C/COC(Cn1ccnc1)c1ccccc1. The third-order valence-corrected chi connectivity index (χ3v) is 3.93. The van der Waals surface area contributed by atoms with E-state index in [2.05, 4.69) is 66.7 Å². The molecular weight excluding hydrogens is 296 g/mol. The largest absolute Gasteiger partial charge is 0.368 e. The van der Waals surface area contributed by atoms with E-state index in [-0.39, 0.29) is 6.10 Å². The molecule has 1 heterocycles. The molecule has 2 aromatic rings. The zero-order chi connectivity index (χ0) is 17.2. The average Bonchev–Trinajstić information content (AvgIpc) is 3.07.